The number of thiocarbonyl (C=S) groups is 1. The van der Waals surface area contributed by atoms with Crippen LogP contribution in [0.2, 0.25) is 0 Å². The summed E-state index contributed by atoms with van der Waals surface area (Å²) in [5.41, 5.74) is 4.79. The fraction of sp³-hybridized carbons (Fsp3) is 0.875. The van der Waals surface area contributed by atoms with Crippen LogP contribution in [0.25, 0.3) is 0 Å². The third-order valence-corrected chi connectivity index (χ3v) is 5.30. The first kappa shape index (κ1) is 11.9. The average Bonchev–Trinajstić information content (AvgIpc) is 2.24. The summed E-state index contributed by atoms with van der Waals surface area (Å²) in [5, 5.41) is 0. The monoisotopic (exact) mass is 236 g/mol. The van der Waals surface area contributed by atoms with Crippen molar-refractivity contribution < 1.29 is 8.42 Å². The molecule has 0 aliphatic carbocycles. The smallest absolute Gasteiger partial charge is 0.215 e. The molecule has 4 nitrogen and oxygen atoms in total. The van der Waals surface area contributed by atoms with Gasteiger partial charge < -0.3 is 5.73 Å². The Labute approximate surface area is 90.5 Å². The van der Waals surface area contributed by atoms with Gasteiger partial charge in [-0.1, -0.05) is 19.1 Å². The summed E-state index contributed by atoms with van der Waals surface area (Å²) in [5.74, 6) is 0.340. The Morgan fingerprint density at radius 1 is 1.57 bits per heavy atom. The van der Waals surface area contributed by atoms with Crippen LogP contribution in [0.15, 0.2) is 0 Å². The second-order valence-electron chi connectivity index (χ2n) is 4.34. The molecule has 0 spiro atoms. The Bertz CT molecular complexity index is 348. The van der Waals surface area contributed by atoms with Crippen LogP contribution in [0.3, 0.4) is 0 Å². The minimum atomic E-state index is -3.17. The van der Waals surface area contributed by atoms with E-state index in [2.05, 4.69) is 0 Å². The van der Waals surface area contributed by atoms with Crippen molar-refractivity contribution >= 4 is 27.2 Å². The molecule has 0 amide bonds. The molecule has 1 unspecified atom stereocenters. The Hall–Kier alpha value is -0.200. The Morgan fingerprint density at radius 3 is 2.36 bits per heavy atom. The Morgan fingerprint density at radius 2 is 2.07 bits per heavy atom. The highest BCUT2D eigenvalue weighted by molar-refractivity contribution is 7.89. The number of nitrogens with zero attached hydrogens (tertiary/aromatic N) is 1. The van der Waals surface area contributed by atoms with Crippen LogP contribution in [-0.2, 0) is 10.0 Å². The molecule has 1 saturated heterocycles. The summed E-state index contributed by atoms with van der Waals surface area (Å²) < 4.78 is 24.9. The molecule has 1 rings (SSSR count). The lowest BCUT2D eigenvalue weighted by atomic mass is 10.0. The van der Waals surface area contributed by atoms with Crippen molar-refractivity contribution in [3.8, 4) is 0 Å². The zero-order valence-electron chi connectivity index (χ0n) is 8.65. The van der Waals surface area contributed by atoms with Gasteiger partial charge in [0.25, 0.3) is 0 Å². The van der Waals surface area contributed by atoms with Gasteiger partial charge in [-0.05, 0) is 19.8 Å². The van der Waals surface area contributed by atoms with E-state index < -0.39 is 15.6 Å². The fourth-order valence-electron chi connectivity index (χ4n) is 1.60. The van der Waals surface area contributed by atoms with Crippen LogP contribution in [0.4, 0.5) is 0 Å². The highest BCUT2D eigenvalue weighted by atomic mass is 32.2. The quantitative estimate of drug-likeness (QED) is 0.702. The van der Waals surface area contributed by atoms with Crippen LogP contribution in [0.1, 0.15) is 20.8 Å². The molecule has 1 atom stereocenters. The molecule has 6 heteroatoms. The van der Waals surface area contributed by atoms with Gasteiger partial charge >= 0.3 is 0 Å². The van der Waals surface area contributed by atoms with Gasteiger partial charge in [-0.3, -0.25) is 0 Å². The highest BCUT2D eigenvalue weighted by Gasteiger charge is 2.44. The molecule has 0 bridgehead atoms. The normalized spacial score (nSPS) is 27.8. The molecule has 14 heavy (non-hydrogen) atoms. The maximum absolute atomic E-state index is 11.7. The Kier molecular flexibility index (Phi) is 2.91. The van der Waals surface area contributed by atoms with Crippen molar-refractivity contribution in [2.75, 3.05) is 12.3 Å². The van der Waals surface area contributed by atoms with E-state index in [0.717, 1.165) is 0 Å². The van der Waals surface area contributed by atoms with E-state index >= 15 is 0 Å². The Balaban J connectivity index is 3.06. The molecular formula is C8H16N2O2S2. The van der Waals surface area contributed by atoms with Crippen LogP contribution in [0.5, 0.6) is 0 Å². The topological polar surface area (TPSA) is 63.4 Å². The zero-order chi connectivity index (χ0) is 11.1. The number of hydrogen-bond donors (Lipinski definition) is 1. The summed E-state index contributed by atoms with van der Waals surface area (Å²) in [6, 6.07) is 0. The van der Waals surface area contributed by atoms with E-state index in [1.165, 1.54) is 4.31 Å². The van der Waals surface area contributed by atoms with Gasteiger partial charge in [-0.25, -0.2) is 8.42 Å². The van der Waals surface area contributed by atoms with Crippen LogP contribution in [0, 0.1) is 5.92 Å². The molecule has 82 valence electrons. The molecular weight excluding hydrogens is 220 g/mol. The van der Waals surface area contributed by atoms with E-state index in [1.54, 1.807) is 13.8 Å². The largest absolute Gasteiger partial charge is 0.392 e. The molecule has 1 aliphatic rings. The van der Waals surface area contributed by atoms with Gasteiger partial charge in [0.2, 0.25) is 10.0 Å². The molecule has 2 N–H and O–H groups in total. The predicted octanol–water partition coefficient (Wildman–Crippen LogP) is 0.333. The zero-order valence-corrected chi connectivity index (χ0v) is 10.3. The first-order valence-electron chi connectivity index (χ1n) is 4.48. The van der Waals surface area contributed by atoms with E-state index in [0.29, 0.717) is 6.54 Å². The van der Waals surface area contributed by atoms with Gasteiger partial charge in [-0.2, -0.15) is 4.31 Å². The SMILES string of the molecule is CC1CN(C(C)(C)C(N)=S)S(=O)(=O)C1. The molecule has 0 radical (unpaired) electrons. The molecule has 1 heterocycles. The van der Waals surface area contributed by atoms with Crippen molar-refractivity contribution in [2.45, 2.75) is 26.3 Å². The lowest BCUT2D eigenvalue weighted by Crippen LogP contribution is -2.53. The van der Waals surface area contributed by atoms with Gasteiger partial charge in [-0.15, -0.1) is 0 Å². The van der Waals surface area contributed by atoms with Gasteiger partial charge in [0, 0.05) is 6.54 Å². The first-order valence-corrected chi connectivity index (χ1v) is 6.50. The second kappa shape index (κ2) is 3.43. The standard InChI is InChI=1S/C8H16N2O2S2/c1-6-4-10(14(11,12)5-6)8(2,3)7(9)13/h6H,4-5H2,1-3H3,(H2,9,13). The van der Waals surface area contributed by atoms with Crippen molar-refractivity contribution in [3.63, 3.8) is 0 Å². The lowest BCUT2D eigenvalue weighted by Gasteiger charge is -2.32. The van der Waals surface area contributed by atoms with Crippen LogP contribution in [-0.4, -0.2) is 35.5 Å². The number of sulfonamides is 1. The number of hydrogen-bond acceptors (Lipinski definition) is 3. The van der Waals surface area contributed by atoms with Crippen LogP contribution >= 0.6 is 12.2 Å². The third kappa shape index (κ3) is 1.92. The summed E-state index contributed by atoms with van der Waals surface area (Å²) in [7, 11) is -3.17. The van der Waals surface area contributed by atoms with Crippen LogP contribution < -0.4 is 5.73 Å². The van der Waals surface area contributed by atoms with Crippen molar-refractivity contribution in [1.82, 2.24) is 4.31 Å². The predicted molar refractivity (Wildman–Crippen MR) is 60.5 cm³/mol. The minimum absolute atomic E-state index is 0.147. The summed E-state index contributed by atoms with van der Waals surface area (Å²) in [6.45, 7) is 5.90. The first-order chi connectivity index (χ1) is 6.18. The molecule has 0 aromatic heterocycles. The molecule has 0 aromatic rings. The van der Waals surface area contributed by atoms with Gasteiger partial charge in [0.05, 0.1) is 16.3 Å². The third-order valence-electron chi connectivity index (χ3n) is 2.53. The average molecular weight is 236 g/mol. The molecule has 0 saturated carbocycles. The van der Waals surface area contributed by atoms with Gasteiger partial charge in [0.1, 0.15) is 0 Å². The molecule has 1 aliphatic heterocycles. The van der Waals surface area contributed by atoms with Crippen molar-refractivity contribution in [2.24, 2.45) is 11.7 Å². The maximum atomic E-state index is 11.7. The fourth-order valence-corrected chi connectivity index (χ4v) is 4.05. The van der Waals surface area contributed by atoms with E-state index in [4.69, 9.17) is 18.0 Å². The number of rotatable bonds is 2. The second-order valence-corrected chi connectivity index (χ2v) is 6.72. The maximum Gasteiger partial charge on any atom is 0.215 e. The molecule has 1 fully saturated rings. The van der Waals surface area contributed by atoms with Crippen molar-refractivity contribution in [1.29, 1.82) is 0 Å². The lowest BCUT2D eigenvalue weighted by molar-refractivity contribution is 0.305. The summed E-state index contributed by atoms with van der Waals surface area (Å²) in [6.07, 6.45) is 0. The summed E-state index contributed by atoms with van der Waals surface area (Å²) >= 11 is 4.88. The highest BCUT2D eigenvalue weighted by Crippen LogP contribution is 2.28. The van der Waals surface area contributed by atoms with E-state index in [9.17, 15) is 8.42 Å². The minimum Gasteiger partial charge on any atom is -0.392 e. The number of nitrogens with two attached hydrogens (primary N) is 1. The summed E-state index contributed by atoms with van der Waals surface area (Å²) in [4.78, 5) is 0.218. The van der Waals surface area contributed by atoms with E-state index in [-0.39, 0.29) is 16.7 Å². The molecule has 0 aromatic carbocycles. The van der Waals surface area contributed by atoms with Gasteiger partial charge in [0.15, 0.2) is 0 Å². The van der Waals surface area contributed by atoms with E-state index in [1.807, 2.05) is 6.92 Å². The van der Waals surface area contributed by atoms with Crippen molar-refractivity contribution in [3.05, 3.63) is 0 Å².